The summed E-state index contributed by atoms with van der Waals surface area (Å²) in [7, 11) is 3.73. The molecule has 1 aromatic heterocycles. The number of hydrogen-bond donors (Lipinski definition) is 1. The Kier molecular flexibility index (Phi) is 7.33. The molecule has 4 heterocycles. The van der Waals surface area contributed by atoms with Gasteiger partial charge in [-0.25, -0.2) is 18.3 Å². The van der Waals surface area contributed by atoms with Crippen LogP contribution < -0.4 is 20.5 Å². The molecule has 7 rings (SSSR count). The minimum atomic E-state index is -1.07. The van der Waals surface area contributed by atoms with Crippen LogP contribution in [0.1, 0.15) is 37.5 Å². The smallest absolute Gasteiger partial charge is 0.343 e. The molecule has 12 heteroatoms. The molecule has 9 nitrogen and oxygen atoms in total. The SMILES string of the molecule is CN(C)c1ccc(C(=O)Oc2c3n(c(-c4cc(F)c(F)c5c4Cc4ccccc4SC5)cc2=O)N[C@@H]2COCCN2C3=O)cc1. The standard InChI is InChI=1S/C33H28F2N4O5S/c1-37(2)20-9-7-18(8-10-20)33(42)44-31-26(40)15-25(39-30(31)32(41)38-11-12-43-16-28(38)36-39)22-14-24(34)29(35)23-17-45-27-6-4-3-5-19(27)13-21(22)23/h3-10,14-15,28,36H,11-13,16-17H2,1-2H3/t28-/m0/s1. The molecule has 3 aliphatic rings. The van der Waals surface area contributed by atoms with Crippen LogP contribution in [0.4, 0.5) is 14.5 Å². The van der Waals surface area contributed by atoms with Crippen LogP contribution in [0.15, 0.2) is 70.4 Å². The molecule has 0 bridgehead atoms. The largest absolute Gasteiger partial charge is 0.416 e. The zero-order valence-electron chi connectivity index (χ0n) is 24.4. The minimum absolute atomic E-state index is 0.142. The maximum Gasteiger partial charge on any atom is 0.343 e. The lowest BCUT2D eigenvalue weighted by Gasteiger charge is -2.42. The summed E-state index contributed by atoms with van der Waals surface area (Å²) < 4.78 is 43.2. The van der Waals surface area contributed by atoms with Gasteiger partial charge in [0.15, 0.2) is 17.3 Å². The first-order valence-electron chi connectivity index (χ1n) is 14.4. The Morgan fingerprint density at radius 2 is 1.84 bits per heavy atom. The molecule has 4 aromatic rings. The lowest BCUT2D eigenvalue weighted by molar-refractivity contribution is -0.00302. The highest BCUT2D eigenvalue weighted by Gasteiger charge is 2.39. The Labute approximate surface area is 261 Å². The molecule has 1 saturated heterocycles. The van der Waals surface area contributed by atoms with Gasteiger partial charge in [0.05, 0.1) is 24.5 Å². The van der Waals surface area contributed by atoms with Crippen LogP contribution >= 0.6 is 11.8 Å². The van der Waals surface area contributed by atoms with E-state index in [0.717, 1.165) is 22.2 Å². The number of hydrogen-bond acceptors (Lipinski definition) is 8. The first-order valence-corrected chi connectivity index (χ1v) is 15.4. The van der Waals surface area contributed by atoms with Crippen molar-refractivity contribution in [3.63, 3.8) is 0 Å². The van der Waals surface area contributed by atoms with E-state index in [9.17, 15) is 14.4 Å². The lowest BCUT2D eigenvalue weighted by Crippen LogP contribution is -2.59. The monoisotopic (exact) mass is 630 g/mol. The Bertz CT molecular complexity index is 1930. The number of fused-ring (bicyclic) bond motifs is 4. The third kappa shape index (κ3) is 5.03. The van der Waals surface area contributed by atoms with Gasteiger partial charge in [0.2, 0.25) is 11.2 Å². The van der Waals surface area contributed by atoms with Gasteiger partial charge in [0.1, 0.15) is 6.17 Å². The van der Waals surface area contributed by atoms with Gasteiger partial charge >= 0.3 is 5.97 Å². The summed E-state index contributed by atoms with van der Waals surface area (Å²) in [6.45, 7) is 0.682. The molecule has 3 aliphatic heterocycles. The molecule has 0 unspecified atom stereocenters. The molecular formula is C33H28F2N4O5S. The van der Waals surface area contributed by atoms with E-state index in [1.807, 2.05) is 43.3 Å². The van der Waals surface area contributed by atoms with Crippen LogP contribution in [0.25, 0.3) is 11.3 Å². The van der Waals surface area contributed by atoms with Gasteiger partial charge in [-0.15, -0.1) is 11.8 Å². The molecule has 0 saturated carbocycles. The number of benzene rings is 3. The number of anilines is 1. The number of halogens is 2. The Morgan fingerprint density at radius 1 is 1.07 bits per heavy atom. The van der Waals surface area contributed by atoms with Crippen molar-refractivity contribution in [3.8, 4) is 17.0 Å². The summed E-state index contributed by atoms with van der Waals surface area (Å²) >= 11 is 1.41. The summed E-state index contributed by atoms with van der Waals surface area (Å²) in [4.78, 5) is 45.4. The summed E-state index contributed by atoms with van der Waals surface area (Å²) in [5, 5.41) is 0. The number of rotatable bonds is 4. The number of thioether (sulfide) groups is 1. The Hall–Kier alpha value is -4.68. The zero-order valence-corrected chi connectivity index (χ0v) is 25.2. The van der Waals surface area contributed by atoms with Crippen molar-refractivity contribution >= 4 is 29.3 Å². The molecule has 1 N–H and O–H groups in total. The van der Waals surface area contributed by atoms with Gasteiger partial charge < -0.3 is 24.7 Å². The van der Waals surface area contributed by atoms with Gasteiger partial charge in [-0.3, -0.25) is 9.59 Å². The van der Waals surface area contributed by atoms with Gasteiger partial charge in [-0.05, 0) is 53.9 Å². The number of nitrogens with one attached hydrogen (secondary N) is 1. The molecule has 0 aliphatic carbocycles. The molecule has 0 spiro atoms. The van der Waals surface area contributed by atoms with Crippen molar-refractivity contribution in [2.75, 3.05) is 44.2 Å². The van der Waals surface area contributed by atoms with Crippen molar-refractivity contribution in [1.82, 2.24) is 9.58 Å². The quantitative estimate of drug-likeness (QED) is 0.327. The van der Waals surface area contributed by atoms with E-state index in [0.29, 0.717) is 5.56 Å². The van der Waals surface area contributed by atoms with E-state index in [4.69, 9.17) is 9.47 Å². The fourth-order valence-corrected chi connectivity index (χ4v) is 7.03. The lowest BCUT2D eigenvalue weighted by atomic mass is 9.92. The topological polar surface area (TPSA) is 93.1 Å². The third-order valence-electron chi connectivity index (χ3n) is 8.28. The number of carbonyl (C=O) groups is 2. The van der Waals surface area contributed by atoms with Crippen LogP contribution in [0.2, 0.25) is 0 Å². The first kappa shape index (κ1) is 29.1. The van der Waals surface area contributed by atoms with Gasteiger partial charge in [-0.1, -0.05) is 18.2 Å². The van der Waals surface area contributed by atoms with E-state index in [1.54, 1.807) is 24.3 Å². The van der Waals surface area contributed by atoms with Crippen LogP contribution in [0.5, 0.6) is 5.75 Å². The molecule has 1 atom stereocenters. The second-order valence-corrected chi connectivity index (χ2v) is 12.2. The number of esters is 1. The maximum atomic E-state index is 15.3. The number of morpholine rings is 1. The van der Waals surface area contributed by atoms with Crippen LogP contribution in [-0.2, 0) is 16.9 Å². The fraction of sp³-hybridized carbons (Fsp3) is 0.242. The zero-order chi connectivity index (χ0) is 31.4. The molecule has 3 aromatic carbocycles. The fourth-order valence-electron chi connectivity index (χ4n) is 5.93. The van der Waals surface area contributed by atoms with Crippen molar-refractivity contribution < 1.29 is 27.8 Å². The first-order chi connectivity index (χ1) is 21.7. The number of pyridine rings is 1. The average molecular weight is 631 g/mol. The van der Waals surface area contributed by atoms with E-state index in [1.165, 1.54) is 27.4 Å². The van der Waals surface area contributed by atoms with E-state index in [-0.39, 0.29) is 60.0 Å². The van der Waals surface area contributed by atoms with Gasteiger partial charge in [0, 0.05) is 54.2 Å². The second kappa shape index (κ2) is 11.4. The van der Waals surface area contributed by atoms with E-state index < -0.39 is 40.9 Å². The second-order valence-electron chi connectivity index (χ2n) is 11.2. The highest BCUT2D eigenvalue weighted by atomic mass is 32.2. The van der Waals surface area contributed by atoms with Crippen LogP contribution in [0, 0.1) is 11.6 Å². The van der Waals surface area contributed by atoms with Crippen molar-refractivity contribution in [2.24, 2.45) is 0 Å². The minimum Gasteiger partial charge on any atom is -0.416 e. The maximum absolute atomic E-state index is 15.3. The van der Waals surface area contributed by atoms with Crippen molar-refractivity contribution in [1.29, 1.82) is 0 Å². The van der Waals surface area contributed by atoms with Gasteiger partial charge in [-0.2, -0.15) is 0 Å². The number of carbonyl (C=O) groups excluding carboxylic acids is 2. The molecule has 230 valence electrons. The van der Waals surface area contributed by atoms with Crippen molar-refractivity contribution in [3.05, 3.63) is 110 Å². The summed E-state index contributed by atoms with van der Waals surface area (Å²) in [5.41, 5.74) is 5.31. The highest BCUT2D eigenvalue weighted by molar-refractivity contribution is 7.98. The molecular weight excluding hydrogens is 602 g/mol. The van der Waals surface area contributed by atoms with E-state index >= 15 is 8.78 Å². The molecule has 1 fully saturated rings. The number of nitrogens with zero attached hydrogens (tertiary/aromatic N) is 3. The third-order valence-corrected chi connectivity index (χ3v) is 9.42. The molecule has 45 heavy (non-hydrogen) atoms. The van der Waals surface area contributed by atoms with Crippen LogP contribution in [0.3, 0.4) is 0 Å². The highest BCUT2D eigenvalue weighted by Crippen LogP contribution is 2.41. The number of aromatic nitrogens is 1. The Balaban J connectivity index is 1.40. The summed E-state index contributed by atoms with van der Waals surface area (Å²) in [6.07, 6.45) is -0.330. The normalized spacial score (nSPS) is 16.8. The van der Waals surface area contributed by atoms with E-state index in [2.05, 4.69) is 5.43 Å². The van der Waals surface area contributed by atoms with Crippen molar-refractivity contribution in [2.45, 2.75) is 23.2 Å². The number of ether oxygens (including phenoxy) is 2. The van der Waals surface area contributed by atoms with Crippen LogP contribution in [-0.4, -0.2) is 61.5 Å². The predicted octanol–water partition coefficient (Wildman–Crippen LogP) is 4.63. The predicted molar refractivity (Wildman–Crippen MR) is 166 cm³/mol. The summed E-state index contributed by atoms with van der Waals surface area (Å²) in [5.74, 6) is -3.67. The molecule has 0 radical (unpaired) electrons. The average Bonchev–Trinajstić information content (AvgIpc) is 3.24. The van der Waals surface area contributed by atoms with Gasteiger partial charge in [0.25, 0.3) is 5.91 Å². The Morgan fingerprint density at radius 3 is 2.62 bits per heavy atom. The number of amides is 1. The molecule has 1 amide bonds. The summed E-state index contributed by atoms with van der Waals surface area (Å²) in [6, 6.07) is 16.5.